The van der Waals surface area contributed by atoms with E-state index in [1.165, 1.54) is 36.1 Å². The van der Waals surface area contributed by atoms with Gasteiger partial charge in [-0.3, -0.25) is 24.2 Å². The topological polar surface area (TPSA) is 97.8 Å². The average Bonchev–Trinajstić information content (AvgIpc) is 2.84. The Balaban J connectivity index is 1.89. The second kappa shape index (κ2) is 6.20. The lowest BCUT2D eigenvalue weighted by Crippen LogP contribution is -2.43. The summed E-state index contributed by atoms with van der Waals surface area (Å²) in [7, 11) is 0. The Bertz CT molecular complexity index is 854. The van der Waals surface area contributed by atoms with Gasteiger partial charge in [0.15, 0.2) is 0 Å². The Morgan fingerprint density at radius 3 is 1.92 bits per heavy atom. The maximum atomic E-state index is 12.4. The molecule has 0 saturated carbocycles. The van der Waals surface area contributed by atoms with Crippen LogP contribution in [0.25, 0.3) is 0 Å². The number of nitrogens with zero attached hydrogens (tertiary/aromatic N) is 2. The highest BCUT2D eigenvalue weighted by molar-refractivity contribution is 6.21. The highest BCUT2D eigenvalue weighted by atomic mass is 16.4. The second-order valence-electron chi connectivity index (χ2n) is 5.51. The van der Waals surface area contributed by atoms with E-state index in [-0.39, 0.29) is 12.2 Å². The van der Waals surface area contributed by atoms with Crippen LogP contribution in [0.3, 0.4) is 0 Å². The molecular formula is C18H13N2O5-. The fraction of sp³-hybridized carbons (Fsp3) is 0.111. The zero-order valence-electron chi connectivity index (χ0n) is 13.3. The van der Waals surface area contributed by atoms with E-state index in [0.717, 1.165) is 4.90 Å². The number of rotatable bonds is 4. The summed E-state index contributed by atoms with van der Waals surface area (Å²) in [6, 6.07) is 11.9. The van der Waals surface area contributed by atoms with Crippen LogP contribution in [0.1, 0.15) is 38.0 Å². The number of benzene rings is 2. The molecule has 25 heavy (non-hydrogen) atoms. The number of carbonyl (C=O) groups is 4. The van der Waals surface area contributed by atoms with Gasteiger partial charge in [0.2, 0.25) is 5.91 Å². The van der Waals surface area contributed by atoms with Gasteiger partial charge in [-0.1, -0.05) is 24.3 Å². The molecule has 0 bridgehead atoms. The van der Waals surface area contributed by atoms with E-state index in [4.69, 9.17) is 0 Å². The Kier molecular flexibility index (Phi) is 4.06. The number of amides is 3. The highest BCUT2D eigenvalue weighted by Crippen LogP contribution is 2.24. The number of anilines is 1. The average molecular weight is 337 g/mol. The van der Waals surface area contributed by atoms with Gasteiger partial charge in [0.05, 0.1) is 17.1 Å². The maximum absolute atomic E-state index is 12.4. The maximum Gasteiger partial charge on any atom is 0.263 e. The molecule has 0 radical (unpaired) electrons. The molecule has 0 aliphatic carbocycles. The standard InChI is InChI=1S/C18H14N2O5/c1-11(21)19(13-8-6-12(7-9-13)18(24)25)10-20-16(22)14-4-2-3-5-15(14)17(20)23/h2-9H,10H2,1H3,(H,24,25)/p-1. The lowest BCUT2D eigenvalue weighted by molar-refractivity contribution is -0.255. The quantitative estimate of drug-likeness (QED) is 0.763. The Hall–Kier alpha value is -3.48. The molecule has 3 amide bonds. The number of hydrogen-bond acceptors (Lipinski definition) is 5. The monoisotopic (exact) mass is 337 g/mol. The number of carboxylic acid groups (broad SMARTS) is 1. The predicted molar refractivity (Wildman–Crippen MR) is 85.7 cm³/mol. The normalized spacial score (nSPS) is 12.9. The van der Waals surface area contributed by atoms with Crippen LogP contribution in [-0.2, 0) is 4.79 Å². The summed E-state index contributed by atoms with van der Waals surface area (Å²) >= 11 is 0. The van der Waals surface area contributed by atoms with Crippen LogP contribution in [0, 0.1) is 0 Å². The van der Waals surface area contributed by atoms with Crippen molar-refractivity contribution in [3.8, 4) is 0 Å². The van der Waals surface area contributed by atoms with E-state index >= 15 is 0 Å². The van der Waals surface area contributed by atoms with E-state index in [0.29, 0.717) is 16.8 Å². The fourth-order valence-corrected chi connectivity index (χ4v) is 2.65. The third-order valence-electron chi connectivity index (χ3n) is 3.96. The molecule has 126 valence electrons. The lowest BCUT2D eigenvalue weighted by atomic mass is 10.1. The largest absolute Gasteiger partial charge is 0.545 e. The van der Waals surface area contributed by atoms with E-state index < -0.39 is 23.7 Å². The molecule has 0 fully saturated rings. The van der Waals surface area contributed by atoms with Crippen LogP contribution in [0.4, 0.5) is 5.69 Å². The smallest absolute Gasteiger partial charge is 0.263 e. The molecule has 0 N–H and O–H groups in total. The number of fused-ring (bicyclic) bond motifs is 1. The SMILES string of the molecule is CC(=O)N(CN1C(=O)c2ccccc2C1=O)c1ccc(C(=O)[O-])cc1. The number of hydrogen-bond donors (Lipinski definition) is 0. The van der Waals surface area contributed by atoms with Crippen LogP contribution in [0.2, 0.25) is 0 Å². The van der Waals surface area contributed by atoms with Gasteiger partial charge in [0.1, 0.15) is 6.67 Å². The minimum absolute atomic E-state index is 0.0343. The molecule has 0 saturated heterocycles. The van der Waals surface area contributed by atoms with Gasteiger partial charge in [0.25, 0.3) is 11.8 Å². The van der Waals surface area contributed by atoms with Crippen molar-refractivity contribution in [3.63, 3.8) is 0 Å². The van der Waals surface area contributed by atoms with Gasteiger partial charge in [-0.15, -0.1) is 0 Å². The van der Waals surface area contributed by atoms with Crippen molar-refractivity contribution >= 4 is 29.4 Å². The first-order chi connectivity index (χ1) is 11.9. The van der Waals surface area contributed by atoms with E-state index in [2.05, 4.69) is 0 Å². The summed E-state index contributed by atoms with van der Waals surface area (Å²) in [5.41, 5.74) is 0.925. The molecule has 2 aromatic carbocycles. The van der Waals surface area contributed by atoms with Crippen molar-refractivity contribution in [2.75, 3.05) is 11.6 Å². The molecule has 0 spiro atoms. The van der Waals surface area contributed by atoms with E-state index in [9.17, 15) is 24.3 Å². The first-order valence-electron chi connectivity index (χ1n) is 7.45. The third-order valence-corrected chi connectivity index (χ3v) is 3.96. The fourth-order valence-electron chi connectivity index (χ4n) is 2.65. The summed E-state index contributed by atoms with van der Waals surface area (Å²) in [5.74, 6) is -2.67. The van der Waals surface area contributed by atoms with Crippen LogP contribution >= 0.6 is 0 Å². The summed E-state index contributed by atoms with van der Waals surface area (Å²) in [5, 5.41) is 10.8. The molecule has 7 nitrogen and oxygen atoms in total. The minimum Gasteiger partial charge on any atom is -0.545 e. The molecule has 0 atom stereocenters. The van der Waals surface area contributed by atoms with Crippen LogP contribution in [-0.4, -0.2) is 35.3 Å². The van der Waals surface area contributed by atoms with Gasteiger partial charge in [0, 0.05) is 12.6 Å². The molecule has 1 aliphatic heterocycles. The zero-order chi connectivity index (χ0) is 18.1. The van der Waals surface area contributed by atoms with Crippen molar-refractivity contribution in [2.45, 2.75) is 6.92 Å². The van der Waals surface area contributed by atoms with E-state index in [1.807, 2.05) is 0 Å². The van der Waals surface area contributed by atoms with Crippen LogP contribution < -0.4 is 10.0 Å². The Morgan fingerprint density at radius 2 is 1.48 bits per heavy atom. The summed E-state index contributed by atoms with van der Waals surface area (Å²) < 4.78 is 0. The number of aromatic carboxylic acids is 1. The second-order valence-corrected chi connectivity index (χ2v) is 5.51. The van der Waals surface area contributed by atoms with Crippen molar-refractivity contribution in [3.05, 3.63) is 65.2 Å². The molecule has 1 aliphatic rings. The van der Waals surface area contributed by atoms with Gasteiger partial charge in [-0.05, 0) is 29.8 Å². The number of carboxylic acids is 1. The number of carbonyl (C=O) groups excluding carboxylic acids is 4. The molecule has 1 heterocycles. The van der Waals surface area contributed by atoms with Crippen LogP contribution in [0.15, 0.2) is 48.5 Å². The predicted octanol–water partition coefficient (Wildman–Crippen LogP) is 0.657. The first kappa shape index (κ1) is 16.4. The highest BCUT2D eigenvalue weighted by Gasteiger charge is 2.36. The van der Waals surface area contributed by atoms with Crippen molar-refractivity contribution in [1.82, 2.24) is 4.90 Å². The summed E-state index contributed by atoms with van der Waals surface area (Å²) in [6.45, 7) is 1.04. The number of imide groups is 1. The Labute approximate surface area is 143 Å². The molecule has 2 aromatic rings. The Morgan fingerprint density at radius 1 is 0.960 bits per heavy atom. The van der Waals surface area contributed by atoms with Gasteiger partial charge in [-0.2, -0.15) is 0 Å². The first-order valence-corrected chi connectivity index (χ1v) is 7.45. The van der Waals surface area contributed by atoms with Crippen molar-refractivity contribution in [2.24, 2.45) is 0 Å². The lowest BCUT2D eigenvalue weighted by Gasteiger charge is -2.26. The molecule has 7 heteroatoms. The molecule has 0 aromatic heterocycles. The molecule has 3 rings (SSSR count). The molecule has 0 unspecified atom stereocenters. The zero-order valence-corrected chi connectivity index (χ0v) is 13.3. The molecular weight excluding hydrogens is 324 g/mol. The van der Waals surface area contributed by atoms with Gasteiger partial charge >= 0.3 is 0 Å². The van der Waals surface area contributed by atoms with Crippen molar-refractivity contribution < 1.29 is 24.3 Å². The summed E-state index contributed by atoms with van der Waals surface area (Å²) in [4.78, 5) is 49.9. The van der Waals surface area contributed by atoms with Gasteiger partial charge < -0.3 is 9.90 Å². The van der Waals surface area contributed by atoms with Crippen molar-refractivity contribution in [1.29, 1.82) is 0 Å². The van der Waals surface area contributed by atoms with E-state index in [1.54, 1.807) is 24.3 Å². The van der Waals surface area contributed by atoms with Gasteiger partial charge in [-0.25, -0.2) is 0 Å². The minimum atomic E-state index is -1.33. The third kappa shape index (κ3) is 2.87. The van der Waals surface area contributed by atoms with Crippen LogP contribution in [0.5, 0.6) is 0 Å². The summed E-state index contributed by atoms with van der Waals surface area (Å²) in [6.07, 6.45) is 0.